The highest BCUT2D eigenvalue weighted by atomic mass is 14.5. The number of hydrogen-bond acceptors (Lipinski definition) is 0. The second-order valence-corrected chi connectivity index (χ2v) is 5.75. The van der Waals surface area contributed by atoms with Crippen molar-refractivity contribution in [2.24, 2.45) is 17.3 Å². The molecule has 1 fully saturated rings. The predicted octanol–water partition coefficient (Wildman–Crippen LogP) is 4.17. The minimum atomic E-state index is 0.512. The van der Waals surface area contributed by atoms with Gasteiger partial charge in [0.25, 0.3) is 0 Å². The first kappa shape index (κ1) is 9.30. The van der Waals surface area contributed by atoms with Crippen molar-refractivity contribution >= 4 is 0 Å². The topological polar surface area (TPSA) is 0 Å². The molecule has 0 heteroatoms. The third-order valence-electron chi connectivity index (χ3n) is 4.02. The Morgan fingerprint density at radius 3 is 2.38 bits per heavy atom. The largest absolute Gasteiger partial charge is 0.0733 e. The molecule has 0 N–H and O–H groups in total. The van der Waals surface area contributed by atoms with Crippen LogP contribution in [0.15, 0.2) is 11.1 Å². The van der Waals surface area contributed by atoms with Gasteiger partial charge in [-0.05, 0) is 49.9 Å². The van der Waals surface area contributed by atoms with Gasteiger partial charge in [0, 0.05) is 0 Å². The Balaban J connectivity index is 2.28. The summed E-state index contributed by atoms with van der Waals surface area (Å²) in [6.07, 6.45) is 5.63. The van der Waals surface area contributed by atoms with E-state index in [1.807, 2.05) is 5.57 Å². The molecule has 2 aliphatic carbocycles. The van der Waals surface area contributed by atoms with Gasteiger partial charge in [-0.15, -0.1) is 0 Å². The van der Waals surface area contributed by atoms with E-state index in [1.54, 1.807) is 5.57 Å². The van der Waals surface area contributed by atoms with Crippen molar-refractivity contribution in [3.8, 4) is 0 Å². The highest BCUT2D eigenvalue weighted by molar-refractivity contribution is 5.29. The fourth-order valence-electron chi connectivity index (χ4n) is 3.19. The molecule has 74 valence electrons. The molecule has 0 nitrogen and oxygen atoms in total. The number of allylic oxidation sites excluding steroid dienone is 2. The maximum atomic E-state index is 2.44. The summed E-state index contributed by atoms with van der Waals surface area (Å²) in [4.78, 5) is 0. The maximum absolute atomic E-state index is 2.44. The van der Waals surface area contributed by atoms with E-state index in [0.29, 0.717) is 5.41 Å². The third kappa shape index (κ3) is 1.56. The first-order valence-electron chi connectivity index (χ1n) is 5.72. The van der Waals surface area contributed by atoms with Crippen LogP contribution in [0.2, 0.25) is 0 Å². The van der Waals surface area contributed by atoms with Crippen LogP contribution >= 0.6 is 0 Å². The second-order valence-electron chi connectivity index (χ2n) is 5.75. The van der Waals surface area contributed by atoms with Gasteiger partial charge in [0.15, 0.2) is 0 Å². The Morgan fingerprint density at radius 2 is 1.92 bits per heavy atom. The monoisotopic (exact) mass is 178 g/mol. The van der Waals surface area contributed by atoms with Gasteiger partial charge in [0.05, 0.1) is 0 Å². The fourth-order valence-corrected chi connectivity index (χ4v) is 3.19. The van der Waals surface area contributed by atoms with Crippen LogP contribution in [0.5, 0.6) is 0 Å². The van der Waals surface area contributed by atoms with E-state index in [-0.39, 0.29) is 0 Å². The van der Waals surface area contributed by atoms with E-state index in [9.17, 15) is 0 Å². The molecule has 2 atom stereocenters. The fraction of sp³-hybridized carbons (Fsp3) is 0.846. The molecular weight excluding hydrogens is 156 g/mol. The molecular formula is C13H22. The molecule has 2 unspecified atom stereocenters. The predicted molar refractivity (Wildman–Crippen MR) is 57.6 cm³/mol. The van der Waals surface area contributed by atoms with Crippen LogP contribution in [0.25, 0.3) is 0 Å². The Hall–Kier alpha value is -0.260. The molecule has 0 aromatic rings. The number of hydrogen-bond donors (Lipinski definition) is 0. The quantitative estimate of drug-likeness (QED) is 0.529. The standard InChI is InChI=1S/C13H22/c1-9-6-5-7-13(3,4)12(9)11-8-10(11)2/h10-11H,5-8H2,1-4H3. The van der Waals surface area contributed by atoms with E-state index in [4.69, 9.17) is 0 Å². The first-order valence-corrected chi connectivity index (χ1v) is 5.72. The Bertz CT molecular complexity index is 245. The molecule has 0 radical (unpaired) electrons. The lowest BCUT2D eigenvalue weighted by atomic mass is 9.70. The number of rotatable bonds is 1. The lowest BCUT2D eigenvalue weighted by Gasteiger charge is -2.35. The molecule has 13 heavy (non-hydrogen) atoms. The maximum Gasteiger partial charge on any atom is -0.0139 e. The van der Waals surface area contributed by atoms with Crippen LogP contribution in [0.1, 0.15) is 53.4 Å². The molecule has 1 saturated carbocycles. The summed E-state index contributed by atoms with van der Waals surface area (Å²) in [6, 6.07) is 0. The normalized spacial score (nSPS) is 37.8. The molecule has 0 spiro atoms. The van der Waals surface area contributed by atoms with Crippen LogP contribution in [0, 0.1) is 17.3 Å². The van der Waals surface area contributed by atoms with E-state index in [1.165, 1.54) is 25.7 Å². The summed E-state index contributed by atoms with van der Waals surface area (Å²) in [5.74, 6) is 1.93. The summed E-state index contributed by atoms with van der Waals surface area (Å²) in [5.41, 5.74) is 4.05. The molecule has 0 bridgehead atoms. The Morgan fingerprint density at radius 1 is 1.31 bits per heavy atom. The first-order chi connectivity index (χ1) is 6.02. The van der Waals surface area contributed by atoms with Crippen LogP contribution in [0.4, 0.5) is 0 Å². The van der Waals surface area contributed by atoms with Gasteiger partial charge in [0.2, 0.25) is 0 Å². The third-order valence-corrected chi connectivity index (χ3v) is 4.02. The van der Waals surface area contributed by atoms with Crippen molar-refractivity contribution in [1.29, 1.82) is 0 Å². The zero-order chi connectivity index (χ0) is 9.64. The van der Waals surface area contributed by atoms with Crippen LogP contribution in [-0.2, 0) is 0 Å². The molecule has 0 heterocycles. The van der Waals surface area contributed by atoms with E-state index in [0.717, 1.165) is 11.8 Å². The minimum absolute atomic E-state index is 0.512. The molecule has 0 aliphatic heterocycles. The molecule has 2 rings (SSSR count). The van der Waals surface area contributed by atoms with Crippen LogP contribution in [-0.4, -0.2) is 0 Å². The smallest absolute Gasteiger partial charge is 0.0139 e. The van der Waals surface area contributed by atoms with E-state index < -0.39 is 0 Å². The van der Waals surface area contributed by atoms with Gasteiger partial charge in [-0.3, -0.25) is 0 Å². The van der Waals surface area contributed by atoms with Crippen molar-refractivity contribution in [2.75, 3.05) is 0 Å². The Kier molecular flexibility index (Phi) is 2.05. The highest BCUT2D eigenvalue weighted by Gasteiger charge is 2.43. The summed E-state index contributed by atoms with van der Waals surface area (Å²) in [5, 5.41) is 0. The summed E-state index contributed by atoms with van der Waals surface area (Å²) in [7, 11) is 0. The van der Waals surface area contributed by atoms with Crippen LogP contribution < -0.4 is 0 Å². The summed E-state index contributed by atoms with van der Waals surface area (Å²) in [6.45, 7) is 9.64. The SMILES string of the molecule is CC1=C(C2CC2C)C(C)(C)CCC1. The van der Waals surface area contributed by atoms with Crippen molar-refractivity contribution in [3.63, 3.8) is 0 Å². The van der Waals surface area contributed by atoms with Crippen molar-refractivity contribution < 1.29 is 0 Å². The lowest BCUT2D eigenvalue weighted by Crippen LogP contribution is -2.22. The van der Waals surface area contributed by atoms with Crippen molar-refractivity contribution in [1.82, 2.24) is 0 Å². The summed E-state index contributed by atoms with van der Waals surface area (Å²) < 4.78 is 0. The van der Waals surface area contributed by atoms with Crippen LogP contribution in [0.3, 0.4) is 0 Å². The van der Waals surface area contributed by atoms with Gasteiger partial charge in [-0.2, -0.15) is 0 Å². The zero-order valence-corrected chi connectivity index (χ0v) is 9.48. The Labute approximate surface area is 82.4 Å². The van der Waals surface area contributed by atoms with Gasteiger partial charge in [-0.1, -0.05) is 31.9 Å². The molecule has 2 aliphatic rings. The van der Waals surface area contributed by atoms with E-state index in [2.05, 4.69) is 27.7 Å². The average molecular weight is 178 g/mol. The molecule has 0 aromatic heterocycles. The van der Waals surface area contributed by atoms with Crippen molar-refractivity contribution in [3.05, 3.63) is 11.1 Å². The highest BCUT2D eigenvalue weighted by Crippen LogP contribution is 2.54. The molecule has 0 amide bonds. The average Bonchev–Trinajstić information content (AvgIpc) is 2.64. The van der Waals surface area contributed by atoms with Crippen molar-refractivity contribution in [2.45, 2.75) is 53.4 Å². The molecule has 0 aromatic carbocycles. The van der Waals surface area contributed by atoms with Gasteiger partial charge >= 0.3 is 0 Å². The van der Waals surface area contributed by atoms with E-state index >= 15 is 0 Å². The van der Waals surface area contributed by atoms with Gasteiger partial charge < -0.3 is 0 Å². The van der Waals surface area contributed by atoms with Gasteiger partial charge in [0.1, 0.15) is 0 Å². The molecule has 0 saturated heterocycles. The second kappa shape index (κ2) is 2.87. The lowest BCUT2D eigenvalue weighted by molar-refractivity contribution is 0.346. The minimum Gasteiger partial charge on any atom is -0.0733 e. The van der Waals surface area contributed by atoms with Gasteiger partial charge in [-0.25, -0.2) is 0 Å². The summed E-state index contributed by atoms with van der Waals surface area (Å²) >= 11 is 0. The zero-order valence-electron chi connectivity index (χ0n) is 9.48.